The highest BCUT2D eigenvalue weighted by Gasteiger charge is 2.43. The zero-order valence-corrected chi connectivity index (χ0v) is 23.4. The molecule has 2 rings (SSSR count). The van der Waals surface area contributed by atoms with Crippen LogP contribution in [0.3, 0.4) is 0 Å². The molecule has 38 heavy (non-hydrogen) atoms. The summed E-state index contributed by atoms with van der Waals surface area (Å²) in [6.45, 7) is 2.56. The second kappa shape index (κ2) is 15.2. The van der Waals surface area contributed by atoms with E-state index in [0.29, 0.717) is 6.29 Å². The molecule has 206 valence electrons. The molecule has 2 N–H and O–H groups in total. The van der Waals surface area contributed by atoms with Crippen LogP contribution in [0.2, 0.25) is 0 Å². The molecule has 13 heteroatoms. The molecule has 2 atom stereocenters. The van der Waals surface area contributed by atoms with Gasteiger partial charge in [0.25, 0.3) is 0 Å². The zero-order valence-electron chi connectivity index (χ0n) is 21.1. The monoisotopic (exact) mass is 586 g/mol. The fraction of sp³-hybridized carbons (Fsp3) is 0.320. The molecule has 0 unspecified atom stereocenters. The lowest BCUT2D eigenvalue weighted by atomic mass is 9.96. The van der Waals surface area contributed by atoms with E-state index in [2.05, 4.69) is 20.7 Å². The van der Waals surface area contributed by atoms with Crippen LogP contribution in [0, 0.1) is 19.3 Å². The van der Waals surface area contributed by atoms with Crippen LogP contribution in [-0.2, 0) is 24.3 Å². The van der Waals surface area contributed by atoms with Crippen molar-refractivity contribution in [1.29, 1.82) is 0 Å². The van der Waals surface area contributed by atoms with Crippen LogP contribution >= 0.6 is 23.2 Å². The number of carbonyl (C=O) groups is 3. The van der Waals surface area contributed by atoms with Crippen LogP contribution in [0.4, 0.5) is 0 Å². The molecule has 0 saturated heterocycles. The first-order valence-corrected chi connectivity index (χ1v) is 13.3. The lowest BCUT2D eigenvalue weighted by Gasteiger charge is -2.33. The molecule has 1 amide bonds. The fourth-order valence-electron chi connectivity index (χ4n) is 2.94. The van der Waals surface area contributed by atoms with Gasteiger partial charge in [-0.15, -0.1) is 29.6 Å². The van der Waals surface area contributed by atoms with E-state index in [-0.39, 0.29) is 27.3 Å². The van der Waals surface area contributed by atoms with Gasteiger partial charge in [-0.1, -0.05) is 23.6 Å². The number of amides is 1. The summed E-state index contributed by atoms with van der Waals surface area (Å²) in [6.07, 6.45) is 6.29. The standard InChI is InChI=1S/C24H26N2O8S.CH2Cl2/c1-6-24(3,34-20-13-17(15-27)9-12-19(20)32-4)22(23(29)25-14-21(28)33-5)26-35(30,31)18-10-7-16(2)8-11-18;2-1-3/h1,7-13,15,22,26H,14H2,2-5H3,(H,25,29);1H2/t22-,24-;/m1./s1. The number of aryl methyl sites for hydroxylation is 1. The lowest BCUT2D eigenvalue weighted by Crippen LogP contribution is -2.61. The summed E-state index contributed by atoms with van der Waals surface area (Å²) < 4.78 is 44.2. The van der Waals surface area contributed by atoms with Crippen molar-refractivity contribution in [3.05, 3.63) is 53.6 Å². The van der Waals surface area contributed by atoms with Gasteiger partial charge in [-0.3, -0.25) is 14.4 Å². The Bertz CT molecular complexity index is 1260. The second-order valence-electron chi connectivity index (χ2n) is 7.64. The number of methoxy groups -OCH3 is 2. The Morgan fingerprint density at radius 2 is 1.74 bits per heavy atom. The Kier molecular flexibility index (Phi) is 13.1. The summed E-state index contributed by atoms with van der Waals surface area (Å²) in [7, 11) is -1.78. The first kappa shape index (κ1) is 32.7. The van der Waals surface area contributed by atoms with E-state index in [1.807, 2.05) is 0 Å². The predicted molar refractivity (Wildman–Crippen MR) is 143 cm³/mol. The van der Waals surface area contributed by atoms with Crippen LogP contribution in [-0.4, -0.2) is 64.3 Å². The number of carbonyl (C=O) groups excluding carboxylic acids is 3. The number of ether oxygens (including phenoxy) is 3. The van der Waals surface area contributed by atoms with Crippen LogP contribution in [0.1, 0.15) is 22.8 Å². The van der Waals surface area contributed by atoms with E-state index in [1.165, 1.54) is 44.4 Å². The number of halogens is 2. The average Bonchev–Trinajstić information content (AvgIpc) is 2.90. The molecule has 2 aromatic rings. The highest BCUT2D eigenvalue weighted by atomic mass is 35.5. The largest absolute Gasteiger partial charge is 0.493 e. The Labute approximate surface area is 232 Å². The van der Waals surface area contributed by atoms with Crippen molar-refractivity contribution in [3.8, 4) is 23.8 Å². The highest BCUT2D eigenvalue weighted by Crippen LogP contribution is 2.32. The third-order valence-electron chi connectivity index (χ3n) is 4.98. The van der Waals surface area contributed by atoms with Gasteiger partial charge in [0.05, 0.1) is 24.5 Å². The minimum absolute atomic E-state index is 0.00199. The topological polar surface area (TPSA) is 137 Å². The van der Waals surface area contributed by atoms with E-state index < -0.39 is 40.1 Å². The predicted octanol–water partition coefficient (Wildman–Crippen LogP) is 2.64. The van der Waals surface area contributed by atoms with Crippen LogP contribution in [0.5, 0.6) is 11.5 Å². The van der Waals surface area contributed by atoms with E-state index in [1.54, 1.807) is 19.1 Å². The van der Waals surface area contributed by atoms with E-state index in [4.69, 9.17) is 39.1 Å². The van der Waals surface area contributed by atoms with Gasteiger partial charge in [0.15, 0.2) is 23.1 Å². The number of benzene rings is 2. The Morgan fingerprint density at radius 3 is 2.24 bits per heavy atom. The molecule has 0 aromatic heterocycles. The molecule has 2 aromatic carbocycles. The van der Waals surface area contributed by atoms with Gasteiger partial charge in [0.2, 0.25) is 15.9 Å². The number of esters is 1. The first-order chi connectivity index (χ1) is 17.9. The quantitative estimate of drug-likeness (QED) is 0.177. The minimum atomic E-state index is -4.27. The first-order valence-electron chi connectivity index (χ1n) is 10.8. The van der Waals surface area contributed by atoms with Gasteiger partial charge in [-0.25, -0.2) is 8.42 Å². The Balaban J connectivity index is 0.00000229. The molecular formula is C25H28Cl2N2O8S. The highest BCUT2D eigenvalue weighted by molar-refractivity contribution is 7.89. The van der Waals surface area contributed by atoms with Gasteiger partial charge in [0.1, 0.15) is 12.8 Å². The van der Waals surface area contributed by atoms with E-state index in [9.17, 15) is 22.8 Å². The van der Waals surface area contributed by atoms with Gasteiger partial charge >= 0.3 is 5.97 Å². The molecular weight excluding hydrogens is 559 g/mol. The van der Waals surface area contributed by atoms with Crippen LogP contribution < -0.4 is 19.5 Å². The third kappa shape index (κ3) is 9.22. The number of nitrogens with one attached hydrogen (secondary N) is 2. The molecule has 0 bridgehead atoms. The molecule has 0 aliphatic rings. The minimum Gasteiger partial charge on any atom is -0.493 e. The van der Waals surface area contributed by atoms with Gasteiger partial charge in [-0.05, 0) is 44.2 Å². The van der Waals surface area contributed by atoms with Crippen molar-refractivity contribution in [3.63, 3.8) is 0 Å². The Hall–Kier alpha value is -3.30. The average molecular weight is 587 g/mol. The molecule has 0 aliphatic heterocycles. The molecule has 0 saturated carbocycles. The maximum absolute atomic E-state index is 13.1. The molecule has 0 spiro atoms. The van der Waals surface area contributed by atoms with Crippen LogP contribution in [0.25, 0.3) is 0 Å². The Morgan fingerprint density at radius 1 is 1.13 bits per heavy atom. The van der Waals surface area contributed by atoms with Gasteiger partial charge in [0, 0.05) is 5.56 Å². The normalized spacial score (nSPS) is 12.9. The maximum atomic E-state index is 13.1. The van der Waals surface area contributed by atoms with Crippen molar-refractivity contribution in [2.75, 3.05) is 26.1 Å². The number of hydrogen-bond acceptors (Lipinski definition) is 8. The fourth-order valence-corrected chi connectivity index (χ4v) is 4.21. The molecule has 0 heterocycles. The summed E-state index contributed by atoms with van der Waals surface area (Å²) in [5.74, 6) is 0.788. The summed E-state index contributed by atoms with van der Waals surface area (Å²) in [5.41, 5.74) is -0.880. The van der Waals surface area contributed by atoms with Crippen molar-refractivity contribution in [2.45, 2.75) is 30.4 Å². The lowest BCUT2D eigenvalue weighted by molar-refractivity contribution is -0.141. The smallest absolute Gasteiger partial charge is 0.325 e. The number of sulfonamides is 1. The van der Waals surface area contributed by atoms with Gasteiger partial charge < -0.3 is 19.5 Å². The summed E-state index contributed by atoms with van der Waals surface area (Å²) in [6, 6.07) is 8.47. The summed E-state index contributed by atoms with van der Waals surface area (Å²) in [4.78, 5) is 35.8. The van der Waals surface area contributed by atoms with E-state index >= 15 is 0 Å². The number of hydrogen-bond donors (Lipinski definition) is 2. The number of terminal acetylenes is 1. The molecule has 0 radical (unpaired) electrons. The summed E-state index contributed by atoms with van der Waals surface area (Å²) in [5, 5.41) is 2.48. The zero-order chi connectivity index (χ0) is 28.9. The van der Waals surface area contributed by atoms with Crippen molar-refractivity contribution in [1.82, 2.24) is 10.0 Å². The van der Waals surface area contributed by atoms with Crippen molar-refractivity contribution >= 4 is 51.4 Å². The third-order valence-corrected chi connectivity index (χ3v) is 6.42. The van der Waals surface area contributed by atoms with Crippen LogP contribution in [0.15, 0.2) is 47.4 Å². The van der Waals surface area contributed by atoms with Gasteiger partial charge in [-0.2, -0.15) is 4.72 Å². The molecule has 0 aliphatic carbocycles. The van der Waals surface area contributed by atoms with Crippen molar-refractivity contribution < 1.29 is 37.0 Å². The number of aldehydes is 1. The molecule has 0 fully saturated rings. The number of alkyl halides is 2. The summed E-state index contributed by atoms with van der Waals surface area (Å²) >= 11 is 9.53. The molecule has 10 nitrogen and oxygen atoms in total. The maximum Gasteiger partial charge on any atom is 0.325 e. The van der Waals surface area contributed by atoms with Crippen molar-refractivity contribution in [2.24, 2.45) is 0 Å². The van der Waals surface area contributed by atoms with E-state index in [0.717, 1.165) is 12.7 Å². The SMILES string of the molecule is C#C[C@@](C)(Oc1cc(C=O)ccc1OC)[C@H](NS(=O)(=O)c1ccc(C)cc1)C(=O)NCC(=O)OC.ClCCl. The number of rotatable bonds is 11. The second-order valence-corrected chi connectivity index (χ2v) is 10.2.